The number of carbonyl (C=O) groups excluding carboxylic acids is 1. The molecule has 0 spiro atoms. The van der Waals surface area contributed by atoms with Crippen LogP contribution in [0, 0.1) is 0 Å². The monoisotopic (exact) mass is 1230 g/mol. The fraction of sp³-hybridized carbons (Fsp3) is 0.883. The summed E-state index contributed by atoms with van der Waals surface area (Å²) in [7, 11) is 1.28. The Balaban J connectivity index is 3.91. The van der Waals surface area contributed by atoms with E-state index in [1.165, 1.54) is 315 Å². The zero-order chi connectivity index (χ0) is 62.6. The first-order valence-corrected chi connectivity index (χ1v) is 39.5. The molecular formula is C77H149N2O6P. The van der Waals surface area contributed by atoms with Crippen molar-refractivity contribution in [2.75, 3.05) is 40.9 Å². The Morgan fingerprint density at radius 3 is 0.977 bits per heavy atom. The molecule has 3 atom stereocenters. The van der Waals surface area contributed by atoms with Crippen molar-refractivity contribution in [3.05, 3.63) is 48.6 Å². The number of likely N-dealkylation sites (N-methyl/N-ethyl adjacent to an activating group) is 1. The molecule has 0 saturated carbocycles. The summed E-state index contributed by atoms with van der Waals surface area (Å²) >= 11 is 0. The number of quaternary nitrogens is 1. The van der Waals surface area contributed by atoms with Crippen LogP contribution >= 0.6 is 7.82 Å². The average Bonchev–Trinajstić information content (AvgIpc) is 3.70. The van der Waals surface area contributed by atoms with Crippen LogP contribution < -0.4 is 10.2 Å². The first kappa shape index (κ1) is 84.5. The van der Waals surface area contributed by atoms with Crippen LogP contribution in [0.25, 0.3) is 0 Å². The molecule has 1 amide bonds. The molecule has 0 aliphatic heterocycles. The van der Waals surface area contributed by atoms with Gasteiger partial charge in [0.15, 0.2) is 0 Å². The highest BCUT2D eigenvalue weighted by Gasteiger charge is 2.23. The van der Waals surface area contributed by atoms with E-state index in [0.29, 0.717) is 17.4 Å². The maximum absolute atomic E-state index is 13.1. The van der Waals surface area contributed by atoms with Crippen molar-refractivity contribution in [1.82, 2.24) is 5.32 Å². The van der Waals surface area contributed by atoms with Gasteiger partial charge in [-0.2, -0.15) is 0 Å². The average molecular weight is 1230 g/mol. The minimum Gasteiger partial charge on any atom is -0.756 e. The SMILES string of the molecule is CCCCCCC/C=C\C/C=C\C/C=C\CCCCCCCCCCCCCCCCCCCCCCCCCCCCC(=O)NC(COP(=O)([O-])OCC[N+](C)(C)C)C(O)/C=C/CCCCCCCCCCCCCCCCCCCCCCC. The second-order valence-electron chi connectivity index (χ2n) is 27.4. The van der Waals surface area contributed by atoms with Crippen molar-refractivity contribution < 1.29 is 32.9 Å². The van der Waals surface area contributed by atoms with Crippen LogP contribution in [0.3, 0.4) is 0 Å². The molecule has 0 fully saturated rings. The van der Waals surface area contributed by atoms with Crippen LogP contribution in [0.2, 0.25) is 0 Å². The molecule has 0 aromatic heterocycles. The van der Waals surface area contributed by atoms with E-state index in [0.717, 1.165) is 51.4 Å². The number of unbranched alkanes of at least 4 members (excludes halogenated alkanes) is 52. The first-order valence-electron chi connectivity index (χ1n) is 38.0. The van der Waals surface area contributed by atoms with E-state index in [-0.39, 0.29) is 19.1 Å². The summed E-state index contributed by atoms with van der Waals surface area (Å²) in [6.45, 7) is 4.69. The third-order valence-electron chi connectivity index (χ3n) is 17.5. The van der Waals surface area contributed by atoms with Crippen molar-refractivity contribution in [2.45, 2.75) is 398 Å². The lowest BCUT2D eigenvalue weighted by Crippen LogP contribution is -2.45. The molecular weight excluding hydrogens is 1080 g/mol. The summed E-state index contributed by atoms with van der Waals surface area (Å²) in [4.78, 5) is 25.7. The summed E-state index contributed by atoms with van der Waals surface area (Å²) < 4.78 is 23.5. The van der Waals surface area contributed by atoms with Gasteiger partial charge in [-0.05, 0) is 57.8 Å². The lowest BCUT2D eigenvalue weighted by atomic mass is 10.0. The van der Waals surface area contributed by atoms with Gasteiger partial charge in [0.25, 0.3) is 7.82 Å². The number of carbonyl (C=O) groups is 1. The van der Waals surface area contributed by atoms with E-state index >= 15 is 0 Å². The maximum Gasteiger partial charge on any atom is 0.268 e. The fourth-order valence-electron chi connectivity index (χ4n) is 11.6. The van der Waals surface area contributed by atoms with E-state index in [9.17, 15) is 19.4 Å². The van der Waals surface area contributed by atoms with E-state index in [4.69, 9.17) is 9.05 Å². The van der Waals surface area contributed by atoms with Crippen molar-refractivity contribution in [2.24, 2.45) is 0 Å². The van der Waals surface area contributed by atoms with Gasteiger partial charge < -0.3 is 28.8 Å². The molecule has 0 bridgehead atoms. The molecule has 0 heterocycles. The molecule has 86 heavy (non-hydrogen) atoms. The lowest BCUT2D eigenvalue weighted by Gasteiger charge is -2.29. The van der Waals surface area contributed by atoms with Crippen molar-refractivity contribution in [3.8, 4) is 0 Å². The number of rotatable bonds is 71. The molecule has 9 heteroatoms. The number of amides is 1. The minimum atomic E-state index is -4.60. The van der Waals surface area contributed by atoms with Gasteiger partial charge >= 0.3 is 0 Å². The number of nitrogens with zero attached hydrogens (tertiary/aromatic N) is 1. The highest BCUT2D eigenvalue weighted by Crippen LogP contribution is 2.38. The van der Waals surface area contributed by atoms with E-state index < -0.39 is 20.0 Å². The zero-order valence-corrected chi connectivity index (χ0v) is 59.2. The Labute approximate surface area is 537 Å². The molecule has 0 saturated heterocycles. The molecule has 8 nitrogen and oxygen atoms in total. The number of allylic oxidation sites excluding steroid dienone is 7. The Morgan fingerprint density at radius 2 is 0.674 bits per heavy atom. The molecule has 3 unspecified atom stereocenters. The van der Waals surface area contributed by atoms with Gasteiger partial charge in [-0.25, -0.2) is 0 Å². The Hall–Kier alpha value is -1.54. The van der Waals surface area contributed by atoms with Gasteiger partial charge in [-0.15, -0.1) is 0 Å². The van der Waals surface area contributed by atoms with Gasteiger partial charge in [-0.1, -0.05) is 371 Å². The molecule has 0 aromatic carbocycles. The molecule has 0 aromatic rings. The van der Waals surface area contributed by atoms with Crippen LogP contribution in [0.1, 0.15) is 386 Å². The number of nitrogens with one attached hydrogen (secondary N) is 1. The second-order valence-corrected chi connectivity index (χ2v) is 28.8. The number of hydrogen-bond acceptors (Lipinski definition) is 6. The van der Waals surface area contributed by atoms with Crippen molar-refractivity contribution in [3.63, 3.8) is 0 Å². The van der Waals surface area contributed by atoms with Gasteiger partial charge in [0.1, 0.15) is 13.2 Å². The summed E-state index contributed by atoms with van der Waals surface area (Å²) in [5.41, 5.74) is 0. The molecule has 508 valence electrons. The summed E-state index contributed by atoms with van der Waals surface area (Å²) in [5, 5.41) is 14.0. The van der Waals surface area contributed by atoms with E-state index in [1.807, 2.05) is 27.2 Å². The fourth-order valence-corrected chi connectivity index (χ4v) is 12.4. The lowest BCUT2D eigenvalue weighted by molar-refractivity contribution is -0.870. The molecule has 0 aliphatic carbocycles. The Bertz CT molecular complexity index is 1540. The predicted octanol–water partition coefficient (Wildman–Crippen LogP) is 23.9. The smallest absolute Gasteiger partial charge is 0.268 e. The quantitative estimate of drug-likeness (QED) is 0.0272. The molecule has 0 rings (SSSR count). The van der Waals surface area contributed by atoms with Crippen LogP contribution in [-0.4, -0.2) is 68.5 Å². The standard InChI is InChI=1S/C77H149N2O6P/c1-6-8-10-12-14-16-18-20-22-24-26-28-30-31-32-33-34-35-36-37-38-39-40-41-42-43-44-45-46-47-49-51-53-55-57-59-61-63-65-67-69-71-77(81)78-75(74-85-86(82,83)84-73-72-79(3,4)5)76(80)70-68-66-64-62-60-58-56-54-52-50-48-29-27-25-23-21-19-17-15-13-11-9-7-2/h18,20,24,26,30-31,68,70,75-76,80H,6-17,19,21-23,25,27-29,32-67,69,71-74H2,1-5H3,(H-,78,81,82,83)/b20-18-,26-24-,31-30-,70-68+. The van der Waals surface area contributed by atoms with Gasteiger partial charge in [-0.3, -0.25) is 9.36 Å². The van der Waals surface area contributed by atoms with Crippen molar-refractivity contribution in [1.29, 1.82) is 0 Å². The topological polar surface area (TPSA) is 108 Å². The summed E-state index contributed by atoms with van der Waals surface area (Å²) in [6.07, 6.45) is 92.6. The molecule has 2 N–H and O–H groups in total. The zero-order valence-electron chi connectivity index (χ0n) is 58.3. The first-order chi connectivity index (χ1) is 42.0. The van der Waals surface area contributed by atoms with E-state index in [1.54, 1.807) is 6.08 Å². The normalized spacial score (nSPS) is 13.8. The van der Waals surface area contributed by atoms with Crippen molar-refractivity contribution >= 4 is 13.7 Å². The second kappa shape index (κ2) is 67.8. The summed E-state index contributed by atoms with van der Waals surface area (Å²) in [6, 6.07) is -0.886. The molecule has 0 radical (unpaired) electrons. The summed E-state index contributed by atoms with van der Waals surface area (Å²) in [5.74, 6) is -0.189. The van der Waals surface area contributed by atoms with Gasteiger partial charge in [0.2, 0.25) is 5.91 Å². The Morgan fingerprint density at radius 1 is 0.407 bits per heavy atom. The number of phosphoric ester groups is 1. The molecule has 0 aliphatic rings. The van der Waals surface area contributed by atoms with Crippen LogP contribution in [0.5, 0.6) is 0 Å². The van der Waals surface area contributed by atoms with Gasteiger partial charge in [0, 0.05) is 6.42 Å². The number of phosphoric acid groups is 1. The number of hydrogen-bond donors (Lipinski definition) is 2. The minimum absolute atomic E-state index is 0.00120. The van der Waals surface area contributed by atoms with Crippen LogP contribution in [-0.2, 0) is 18.4 Å². The highest BCUT2D eigenvalue weighted by molar-refractivity contribution is 7.45. The number of aliphatic hydroxyl groups is 1. The largest absolute Gasteiger partial charge is 0.756 e. The third-order valence-corrected chi connectivity index (χ3v) is 18.5. The van der Waals surface area contributed by atoms with Crippen LogP contribution in [0.4, 0.5) is 0 Å². The van der Waals surface area contributed by atoms with E-state index in [2.05, 4.69) is 55.6 Å². The highest BCUT2D eigenvalue weighted by atomic mass is 31.2. The Kier molecular flexibility index (Phi) is 66.6. The van der Waals surface area contributed by atoms with Gasteiger partial charge in [0.05, 0.1) is 39.9 Å². The third kappa shape index (κ3) is 69.9. The predicted molar refractivity (Wildman–Crippen MR) is 376 cm³/mol. The maximum atomic E-state index is 13.1. The van der Waals surface area contributed by atoms with Crippen LogP contribution in [0.15, 0.2) is 48.6 Å². The number of aliphatic hydroxyl groups excluding tert-OH is 1.